The highest BCUT2D eigenvalue weighted by atomic mass is 16.5. The third-order valence-corrected chi connectivity index (χ3v) is 6.33. The van der Waals surface area contributed by atoms with Crippen LogP contribution in [-0.2, 0) is 11.3 Å². The first-order chi connectivity index (χ1) is 12.4. The molecular formula is C22H37NO3. The highest BCUT2D eigenvalue weighted by Gasteiger charge is 2.43. The fourth-order valence-corrected chi connectivity index (χ4v) is 4.17. The van der Waals surface area contributed by atoms with Crippen molar-refractivity contribution in [2.24, 2.45) is 11.3 Å². The smallest absolute Gasteiger partial charge is 0.161 e. The maximum Gasteiger partial charge on any atom is 0.161 e. The lowest BCUT2D eigenvalue weighted by molar-refractivity contribution is -0.132. The standard InChI is InChI=1S/C22H37NO3/c1-7-21(4)16-22(17(2)3,11-13-26-21)10-12-23-15-18-8-9-19(24-5)20(14-18)25-6/h8-9,14,17,23H,7,10-13,15-16H2,1-6H3/t21-,22-/m1/s1. The zero-order chi connectivity index (χ0) is 19.2. The van der Waals surface area contributed by atoms with Crippen molar-refractivity contribution in [3.8, 4) is 11.5 Å². The van der Waals surface area contributed by atoms with Gasteiger partial charge in [0.25, 0.3) is 0 Å². The minimum absolute atomic E-state index is 0.0336. The highest BCUT2D eigenvalue weighted by molar-refractivity contribution is 5.42. The van der Waals surface area contributed by atoms with Crippen molar-refractivity contribution in [3.63, 3.8) is 0 Å². The normalized spacial score (nSPS) is 26.1. The first kappa shape index (κ1) is 21.0. The van der Waals surface area contributed by atoms with Gasteiger partial charge >= 0.3 is 0 Å². The van der Waals surface area contributed by atoms with E-state index in [0.29, 0.717) is 11.3 Å². The molecule has 0 bridgehead atoms. The summed E-state index contributed by atoms with van der Waals surface area (Å²) >= 11 is 0. The Bertz CT molecular complexity index is 575. The molecule has 1 aliphatic heterocycles. The Hall–Kier alpha value is -1.26. The van der Waals surface area contributed by atoms with Crippen molar-refractivity contribution in [2.75, 3.05) is 27.4 Å². The molecule has 1 aliphatic rings. The third kappa shape index (κ3) is 4.92. The van der Waals surface area contributed by atoms with Crippen LogP contribution in [-0.4, -0.2) is 33.0 Å². The van der Waals surface area contributed by atoms with Crippen molar-refractivity contribution in [2.45, 2.75) is 65.5 Å². The fraction of sp³-hybridized carbons (Fsp3) is 0.727. The van der Waals surface area contributed by atoms with Crippen LogP contribution in [0.25, 0.3) is 0 Å². The first-order valence-electron chi connectivity index (χ1n) is 9.93. The Labute approximate surface area is 159 Å². The Morgan fingerprint density at radius 2 is 1.92 bits per heavy atom. The van der Waals surface area contributed by atoms with Gasteiger partial charge in [-0.05, 0) is 68.2 Å². The number of methoxy groups -OCH3 is 2. The van der Waals surface area contributed by atoms with E-state index in [1.54, 1.807) is 14.2 Å². The van der Waals surface area contributed by atoms with Crippen molar-refractivity contribution >= 4 is 0 Å². The van der Waals surface area contributed by atoms with Crippen LogP contribution in [0.3, 0.4) is 0 Å². The summed E-state index contributed by atoms with van der Waals surface area (Å²) in [7, 11) is 3.34. The largest absolute Gasteiger partial charge is 0.493 e. The van der Waals surface area contributed by atoms with Gasteiger partial charge in [-0.3, -0.25) is 0 Å². The molecule has 26 heavy (non-hydrogen) atoms. The van der Waals surface area contributed by atoms with Crippen molar-refractivity contribution in [3.05, 3.63) is 23.8 Å². The van der Waals surface area contributed by atoms with Crippen molar-refractivity contribution in [1.29, 1.82) is 0 Å². The topological polar surface area (TPSA) is 39.7 Å². The lowest BCUT2D eigenvalue weighted by Crippen LogP contribution is -2.46. The number of benzene rings is 1. The average molecular weight is 364 g/mol. The number of hydrogen-bond donors (Lipinski definition) is 1. The third-order valence-electron chi connectivity index (χ3n) is 6.33. The fourth-order valence-electron chi connectivity index (χ4n) is 4.17. The van der Waals surface area contributed by atoms with E-state index in [2.05, 4.69) is 39.1 Å². The molecule has 1 N–H and O–H groups in total. The molecule has 1 aromatic rings. The van der Waals surface area contributed by atoms with Gasteiger partial charge in [0, 0.05) is 13.2 Å². The van der Waals surface area contributed by atoms with Crippen LogP contribution >= 0.6 is 0 Å². The van der Waals surface area contributed by atoms with E-state index in [-0.39, 0.29) is 5.60 Å². The summed E-state index contributed by atoms with van der Waals surface area (Å²) in [5.41, 5.74) is 1.62. The van der Waals surface area contributed by atoms with Crippen LogP contribution in [0, 0.1) is 11.3 Å². The SMILES string of the molecule is CC[C@]1(C)C[C@](CCNCc2ccc(OC)c(OC)c2)(C(C)C)CCO1. The Morgan fingerprint density at radius 1 is 1.19 bits per heavy atom. The Balaban J connectivity index is 1.92. The lowest BCUT2D eigenvalue weighted by atomic mass is 9.64. The summed E-state index contributed by atoms with van der Waals surface area (Å²) in [5, 5.41) is 3.63. The molecule has 0 aromatic heterocycles. The molecule has 2 atom stereocenters. The molecule has 0 unspecified atom stereocenters. The van der Waals surface area contributed by atoms with E-state index in [9.17, 15) is 0 Å². The predicted octanol–water partition coefficient (Wildman–Crippen LogP) is 4.81. The molecule has 1 heterocycles. The van der Waals surface area contributed by atoms with Gasteiger partial charge in [-0.1, -0.05) is 26.8 Å². The second-order valence-electron chi connectivity index (χ2n) is 8.21. The molecule has 1 saturated heterocycles. The van der Waals surface area contributed by atoms with E-state index in [1.807, 2.05) is 12.1 Å². The molecule has 4 nitrogen and oxygen atoms in total. The molecule has 0 amide bonds. The van der Waals surface area contributed by atoms with Crippen LogP contribution in [0.5, 0.6) is 11.5 Å². The number of hydrogen-bond acceptors (Lipinski definition) is 4. The monoisotopic (exact) mass is 363 g/mol. The Morgan fingerprint density at radius 3 is 2.54 bits per heavy atom. The lowest BCUT2D eigenvalue weighted by Gasteiger charge is -2.49. The predicted molar refractivity (Wildman–Crippen MR) is 107 cm³/mol. The van der Waals surface area contributed by atoms with Gasteiger partial charge in [-0.2, -0.15) is 0 Å². The quantitative estimate of drug-likeness (QED) is 0.640. The molecule has 0 aliphatic carbocycles. The van der Waals surface area contributed by atoms with Crippen molar-refractivity contribution in [1.82, 2.24) is 5.32 Å². The molecule has 4 heteroatoms. The van der Waals surface area contributed by atoms with Crippen LogP contribution in [0.15, 0.2) is 18.2 Å². The molecular weight excluding hydrogens is 326 g/mol. The van der Waals surface area contributed by atoms with Gasteiger partial charge in [0.05, 0.1) is 19.8 Å². The Kier molecular flexibility index (Phi) is 7.36. The first-order valence-corrected chi connectivity index (χ1v) is 9.93. The zero-order valence-corrected chi connectivity index (χ0v) is 17.5. The van der Waals surface area contributed by atoms with E-state index < -0.39 is 0 Å². The van der Waals surface area contributed by atoms with Crippen molar-refractivity contribution < 1.29 is 14.2 Å². The molecule has 2 rings (SSSR count). The van der Waals surface area contributed by atoms with Gasteiger partial charge in [-0.15, -0.1) is 0 Å². The van der Waals surface area contributed by atoms with E-state index >= 15 is 0 Å². The summed E-state index contributed by atoms with van der Waals surface area (Å²) in [6.07, 6.45) is 4.60. The number of rotatable bonds is 9. The summed E-state index contributed by atoms with van der Waals surface area (Å²) in [6.45, 7) is 12.0. The van der Waals surface area contributed by atoms with E-state index in [4.69, 9.17) is 14.2 Å². The van der Waals surface area contributed by atoms with Gasteiger partial charge in [0.1, 0.15) is 0 Å². The van der Waals surface area contributed by atoms with Crippen LogP contribution in [0.4, 0.5) is 0 Å². The molecule has 148 valence electrons. The van der Waals surface area contributed by atoms with Crippen LogP contribution in [0.2, 0.25) is 0 Å². The molecule has 1 fully saturated rings. The number of nitrogens with one attached hydrogen (secondary N) is 1. The molecule has 0 spiro atoms. The zero-order valence-electron chi connectivity index (χ0n) is 17.5. The maximum atomic E-state index is 6.10. The summed E-state index contributed by atoms with van der Waals surface area (Å²) < 4.78 is 16.8. The minimum Gasteiger partial charge on any atom is -0.493 e. The highest BCUT2D eigenvalue weighted by Crippen LogP contribution is 2.47. The second kappa shape index (κ2) is 9.09. The number of ether oxygens (including phenoxy) is 3. The van der Waals surface area contributed by atoms with Gasteiger partial charge < -0.3 is 19.5 Å². The van der Waals surface area contributed by atoms with E-state index in [1.165, 1.54) is 12.0 Å². The average Bonchev–Trinajstić information content (AvgIpc) is 2.65. The van der Waals surface area contributed by atoms with Crippen LogP contribution < -0.4 is 14.8 Å². The van der Waals surface area contributed by atoms with Gasteiger partial charge in [0.2, 0.25) is 0 Å². The maximum absolute atomic E-state index is 6.10. The summed E-state index contributed by atoms with van der Waals surface area (Å²) in [5.74, 6) is 2.23. The summed E-state index contributed by atoms with van der Waals surface area (Å²) in [6, 6.07) is 6.11. The molecule has 0 radical (unpaired) electrons. The molecule has 1 aromatic carbocycles. The van der Waals surface area contributed by atoms with Gasteiger partial charge in [-0.25, -0.2) is 0 Å². The minimum atomic E-state index is 0.0336. The second-order valence-corrected chi connectivity index (χ2v) is 8.21. The van der Waals surface area contributed by atoms with Crippen LogP contribution in [0.1, 0.15) is 58.9 Å². The van der Waals surface area contributed by atoms with E-state index in [0.717, 1.165) is 50.5 Å². The molecule has 0 saturated carbocycles. The van der Waals surface area contributed by atoms with Gasteiger partial charge in [0.15, 0.2) is 11.5 Å². The summed E-state index contributed by atoms with van der Waals surface area (Å²) in [4.78, 5) is 0.